The summed E-state index contributed by atoms with van der Waals surface area (Å²) < 4.78 is 0. The normalized spacial score (nSPS) is 20.2. The highest BCUT2D eigenvalue weighted by atomic mass is 14.9. The van der Waals surface area contributed by atoms with Crippen LogP contribution in [0.5, 0.6) is 0 Å². The lowest BCUT2D eigenvalue weighted by molar-refractivity contribution is 0.402. The third kappa shape index (κ3) is 2.11. The van der Waals surface area contributed by atoms with Crippen molar-refractivity contribution in [3.05, 3.63) is 23.3 Å². The molecule has 1 aliphatic rings. The van der Waals surface area contributed by atoms with Crippen LogP contribution in [0.25, 0.3) is 0 Å². The molecule has 0 radical (unpaired) electrons. The van der Waals surface area contributed by atoms with Crippen molar-refractivity contribution < 1.29 is 0 Å². The predicted octanol–water partition coefficient (Wildman–Crippen LogP) is 3.14. The third-order valence-electron chi connectivity index (χ3n) is 3.51. The summed E-state index contributed by atoms with van der Waals surface area (Å²) >= 11 is 0. The number of aromatic nitrogens is 2. The van der Waals surface area contributed by atoms with E-state index >= 15 is 0 Å². The number of rotatable bonds is 1. The topological polar surface area (TPSA) is 25.8 Å². The summed E-state index contributed by atoms with van der Waals surface area (Å²) in [4.78, 5) is 9.25. The van der Waals surface area contributed by atoms with Gasteiger partial charge in [0, 0.05) is 17.3 Å². The smallest absolute Gasteiger partial charge is 0.133 e. The highest BCUT2D eigenvalue weighted by molar-refractivity contribution is 5.25. The molecule has 1 unspecified atom stereocenters. The molecule has 0 saturated heterocycles. The van der Waals surface area contributed by atoms with E-state index in [-0.39, 0.29) is 5.41 Å². The van der Waals surface area contributed by atoms with Crippen molar-refractivity contribution in [3.8, 4) is 0 Å². The Balaban J connectivity index is 2.28. The lowest BCUT2D eigenvalue weighted by atomic mass is 9.93. The minimum absolute atomic E-state index is 0.0605. The molecule has 16 heavy (non-hydrogen) atoms. The molecule has 1 atom stereocenters. The Morgan fingerprint density at radius 1 is 1.25 bits per heavy atom. The monoisotopic (exact) mass is 218 g/mol. The maximum Gasteiger partial charge on any atom is 0.133 e. The molecule has 1 aromatic heterocycles. The fourth-order valence-corrected chi connectivity index (χ4v) is 2.23. The Hall–Kier alpha value is -0.920. The van der Waals surface area contributed by atoms with Gasteiger partial charge in [-0.1, -0.05) is 34.6 Å². The van der Waals surface area contributed by atoms with Crippen LogP contribution in [0, 0.1) is 11.8 Å². The summed E-state index contributed by atoms with van der Waals surface area (Å²) in [5.74, 6) is 2.49. The molecule has 0 aliphatic heterocycles. The predicted molar refractivity (Wildman–Crippen MR) is 66.5 cm³/mol. The lowest BCUT2D eigenvalue weighted by Gasteiger charge is -2.16. The second kappa shape index (κ2) is 3.83. The molecule has 2 nitrogen and oxygen atoms in total. The zero-order chi connectivity index (χ0) is 11.9. The summed E-state index contributed by atoms with van der Waals surface area (Å²) in [5, 5.41) is 0. The van der Waals surface area contributed by atoms with Crippen molar-refractivity contribution in [2.24, 2.45) is 11.8 Å². The van der Waals surface area contributed by atoms with E-state index < -0.39 is 0 Å². The SMILES string of the molecule is CC(C)C1Cc2cnc(C(C)(C)C)nc2C1. The summed E-state index contributed by atoms with van der Waals surface area (Å²) in [6.45, 7) is 11.1. The summed E-state index contributed by atoms with van der Waals surface area (Å²) in [5.41, 5.74) is 2.72. The van der Waals surface area contributed by atoms with E-state index in [1.807, 2.05) is 6.20 Å². The van der Waals surface area contributed by atoms with E-state index in [9.17, 15) is 0 Å². The molecule has 2 rings (SSSR count). The summed E-state index contributed by atoms with van der Waals surface area (Å²) in [6, 6.07) is 0. The van der Waals surface area contributed by atoms with Crippen LogP contribution < -0.4 is 0 Å². The number of fused-ring (bicyclic) bond motifs is 1. The van der Waals surface area contributed by atoms with Gasteiger partial charge < -0.3 is 0 Å². The standard InChI is InChI=1S/C14H22N2/c1-9(2)10-6-11-8-15-13(14(3,4)5)16-12(11)7-10/h8-10H,6-7H2,1-5H3. The van der Waals surface area contributed by atoms with Gasteiger partial charge in [-0.05, 0) is 30.2 Å². The lowest BCUT2D eigenvalue weighted by Crippen LogP contribution is -2.17. The molecule has 88 valence electrons. The fraction of sp³-hybridized carbons (Fsp3) is 0.714. The Morgan fingerprint density at radius 3 is 2.50 bits per heavy atom. The van der Waals surface area contributed by atoms with Gasteiger partial charge in [-0.25, -0.2) is 9.97 Å². The first-order valence-electron chi connectivity index (χ1n) is 6.23. The van der Waals surface area contributed by atoms with E-state index in [4.69, 9.17) is 4.98 Å². The number of hydrogen-bond donors (Lipinski definition) is 0. The highest BCUT2D eigenvalue weighted by Crippen LogP contribution is 2.31. The van der Waals surface area contributed by atoms with Gasteiger partial charge in [-0.2, -0.15) is 0 Å². The Labute approximate surface area is 98.5 Å². The quantitative estimate of drug-likeness (QED) is 0.723. The molecule has 1 heterocycles. The maximum absolute atomic E-state index is 4.75. The van der Waals surface area contributed by atoms with Gasteiger partial charge in [-0.3, -0.25) is 0 Å². The highest BCUT2D eigenvalue weighted by Gasteiger charge is 2.27. The van der Waals surface area contributed by atoms with Gasteiger partial charge in [0.25, 0.3) is 0 Å². The summed E-state index contributed by atoms with van der Waals surface area (Å²) in [6.07, 6.45) is 4.35. The van der Waals surface area contributed by atoms with Crippen molar-refractivity contribution in [1.82, 2.24) is 9.97 Å². The molecule has 0 saturated carbocycles. The molecule has 0 aromatic carbocycles. The van der Waals surface area contributed by atoms with Crippen LogP contribution in [0.15, 0.2) is 6.20 Å². The second-order valence-corrected chi connectivity index (χ2v) is 6.33. The first kappa shape index (κ1) is 11.6. The molecule has 0 bridgehead atoms. The Bertz CT molecular complexity index is 388. The van der Waals surface area contributed by atoms with Crippen LogP contribution >= 0.6 is 0 Å². The number of hydrogen-bond acceptors (Lipinski definition) is 2. The molecule has 0 amide bonds. The van der Waals surface area contributed by atoms with Crippen LogP contribution in [0.3, 0.4) is 0 Å². The third-order valence-corrected chi connectivity index (χ3v) is 3.51. The van der Waals surface area contributed by atoms with Crippen molar-refractivity contribution in [2.45, 2.75) is 52.9 Å². The molecular formula is C14H22N2. The largest absolute Gasteiger partial charge is 0.241 e. The van der Waals surface area contributed by atoms with E-state index in [0.717, 1.165) is 30.5 Å². The van der Waals surface area contributed by atoms with Crippen molar-refractivity contribution in [2.75, 3.05) is 0 Å². The second-order valence-electron chi connectivity index (χ2n) is 6.33. The van der Waals surface area contributed by atoms with Crippen LogP contribution in [0.1, 0.15) is 51.7 Å². The van der Waals surface area contributed by atoms with Crippen LogP contribution in [0.2, 0.25) is 0 Å². The first-order valence-corrected chi connectivity index (χ1v) is 6.23. The van der Waals surface area contributed by atoms with Gasteiger partial charge in [-0.15, -0.1) is 0 Å². The van der Waals surface area contributed by atoms with Crippen molar-refractivity contribution in [3.63, 3.8) is 0 Å². The van der Waals surface area contributed by atoms with Crippen molar-refractivity contribution in [1.29, 1.82) is 0 Å². The summed E-state index contributed by atoms with van der Waals surface area (Å²) in [7, 11) is 0. The molecule has 1 aliphatic carbocycles. The van der Waals surface area contributed by atoms with Crippen molar-refractivity contribution >= 4 is 0 Å². The van der Waals surface area contributed by atoms with E-state index in [2.05, 4.69) is 39.6 Å². The van der Waals surface area contributed by atoms with E-state index in [1.54, 1.807) is 0 Å². The first-order chi connectivity index (χ1) is 7.38. The molecule has 2 heteroatoms. The zero-order valence-corrected chi connectivity index (χ0v) is 11.0. The minimum Gasteiger partial charge on any atom is -0.241 e. The zero-order valence-electron chi connectivity index (χ0n) is 11.0. The maximum atomic E-state index is 4.75. The van der Waals surface area contributed by atoms with Gasteiger partial charge >= 0.3 is 0 Å². The molecule has 1 aromatic rings. The average molecular weight is 218 g/mol. The number of nitrogens with zero attached hydrogens (tertiary/aromatic N) is 2. The molecule has 0 N–H and O–H groups in total. The Kier molecular flexibility index (Phi) is 2.77. The van der Waals surface area contributed by atoms with Crippen LogP contribution in [0.4, 0.5) is 0 Å². The van der Waals surface area contributed by atoms with E-state index in [0.29, 0.717) is 0 Å². The van der Waals surface area contributed by atoms with Gasteiger partial charge in [0.05, 0.1) is 0 Å². The van der Waals surface area contributed by atoms with E-state index in [1.165, 1.54) is 11.3 Å². The average Bonchev–Trinajstić information content (AvgIpc) is 2.58. The van der Waals surface area contributed by atoms with Gasteiger partial charge in [0.2, 0.25) is 0 Å². The van der Waals surface area contributed by atoms with Crippen LogP contribution in [-0.4, -0.2) is 9.97 Å². The van der Waals surface area contributed by atoms with Gasteiger partial charge in [0.1, 0.15) is 5.82 Å². The molecular weight excluding hydrogens is 196 g/mol. The van der Waals surface area contributed by atoms with Crippen LogP contribution in [-0.2, 0) is 18.3 Å². The molecule has 0 spiro atoms. The minimum atomic E-state index is 0.0605. The molecule has 0 fully saturated rings. The fourth-order valence-electron chi connectivity index (χ4n) is 2.23. The Morgan fingerprint density at radius 2 is 1.94 bits per heavy atom. The van der Waals surface area contributed by atoms with Gasteiger partial charge in [0.15, 0.2) is 0 Å².